The van der Waals surface area contributed by atoms with Crippen molar-refractivity contribution < 1.29 is 4.79 Å². The van der Waals surface area contributed by atoms with E-state index < -0.39 is 0 Å². The van der Waals surface area contributed by atoms with E-state index in [0.29, 0.717) is 23.0 Å². The number of hydrogen-bond donors (Lipinski definition) is 1. The predicted molar refractivity (Wildman–Crippen MR) is 224 cm³/mol. The fraction of sp³-hybridized carbons (Fsp3) is 0. The molecular weight excluding hydrogens is 673 g/mol. The molecule has 0 saturated carbocycles. The first-order valence-electron chi connectivity index (χ1n) is 18.2. The van der Waals surface area contributed by atoms with Crippen LogP contribution in [0.15, 0.2) is 200 Å². The van der Waals surface area contributed by atoms with Gasteiger partial charge in [-0.1, -0.05) is 194 Å². The minimum atomic E-state index is -0.175. The molecule has 0 aliphatic carbocycles. The van der Waals surface area contributed by atoms with Gasteiger partial charge in [0, 0.05) is 33.4 Å². The highest BCUT2D eigenvalue weighted by Crippen LogP contribution is 2.42. The van der Waals surface area contributed by atoms with Crippen molar-refractivity contribution in [2.45, 2.75) is 0 Å². The molecular formula is C50H34N4O. The molecule has 0 saturated heterocycles. The van der Waals surface area contributed by atoms with Crippen LogP contribution in [0.1, 0.15) is 10.4 Å². The molecule has 9 rings (SSSR count). The van der Waals surface area contributed by atoms with E-state index in [0.717, 1.165) is 66.5 Å². The summed E-state index contributed by atoms with van der Waals surface area (Å²) in [6.45, 7) is 0. The summed E-state index contributed by atoms with van der Waals surface area (Å²) in [4.78, 5) is 29.1. The zero-order valence-electron chi connectivity index (χ0n) is 29.8. The van der Waals surface area contributed by atoms with E-state index in [2.05, 4.69) is 66.0 Å². The summed E-state index contributed by atoms with van der Waals surface area (Å²) in [5.41, 5.74) is 9.99. The monoisotopic (exact) mass is 706 g/mol. The SMILES string of the molecule is O=C(Nc1c(-c2ccc(-c3nc(-c4ccccc4)nc(-c4ccccc4)n3)cc2)cccc1-c1ccccc1-c1ccccc1)c1cccc2ccccc12. The van der Waals surface area contributed by atoms with Crippen LogP contribution in [0, 0.1) is 0 Å². The lowest BCUT2D eigenvalue weighted by molar-refractivity contribution is 0.102. The lowest BCUT2D eigenvalue weighted by Gasteiger charge is -2.19. The fourth-order valence-corrected chi connectivity index (χ4v) is 7.08. The Balaban J connectivity index is 1.17. The number of aromatic nitrogens is 3. The molecule has 1 aromatic heterocycles. The van der Waals surface area contributed by atoms with Crippen LogP contribution in [0.25, 0.3) is 78.3 Å². The molecule has 0 aliphatic rings. The molecule has 0 fully saturated rings. The smallest absolute Gasteiger partial charge is 0.256 e. The first-order valence-corrected chi connectivity index (χ1v) is 18.2. The molecule has 0 atom stereocenters. The molecule has 0 aliphatic heterocycles. The maximum Gasteiger partial charge on any atom is 0.256 e. The number of rotatable bonds is 8. The highest BCUT2D eigenvalue weighted by molar-refractivity contribution is 6.15. The van der Waals surface area contributed by atoms with Gasteiger partial charge in [0.1, 0.15) is 0 Å². The molecule has 1 amide bonds. The van der Waals surface area contributed by atoms with Crippen molar-refractivity contribution in [3.8, 4) is 67.5 Å². The van der Waals surface area contributed by atoms with Crippen molar-refractivity contribution in [2.75, 3.05) is 5.32 Å². The van der Waals surface area contributed by atoms with Crippen molar-refractivity contribution in [3.05, 3.63) is 206 Å². The Labute approximate surface area is 319 Å². The van der Waals surface area contributed by atoms with E-state index in [1.807, 2.05) is 140 Å². The Kier molecular flexibility index (Phi) is 9.01. The second-order valence-corrected chi connectivity index (χ2v) is 13.2. The molecule has 1 heterocycles. The maximum atomic E-state index is 14.4. The summed E-state index contributed by atoms with van der Waals surface area (Å²) in [5.74, 6) is 1.62. The molecule has 1 N–H and O–H groups in total. The van der Waals surface area contributed by atoms with Gasteiger partial charge in [0.15, 0.2) is 17.5 Å². The molecule has 5 nitrogen and oxygen atoms in total. The van der Waals surface area contributed by atoms with Crippen LogP contribution in [0.2, 0.25) is 0 Å². The number of anilines is 1. The summed E-state index contributed by atoms with van der Waals surface area (Å²) >= 11 is 0. The maximum absolute atomic E-state index is 14.4. The fourth-order valence-electron chi connectivity index (χ4n) is 7.08. The van der Waals surface area contributed by atoms with Crippen molar-refractivity contribution in [1.29, 1.82) is 0 Å². The third-order valence-corrected chi connectivity index (χ3v) is 9.79. The molecule has 0 unspecified atom stereocenters. The second kappa shape index (κ2) is 14.9. The number of carbonyl (C=O) groups excluding carboxylic acids is 1. The number of nitrogens with zero attached hydrogens (tertiary/aromatic N) is 3. The van der Waals surface area contributed by atoms with Crippen molar-refractivity contribution in [3.63, 3.8) is 0 Å². The van der Waals surface area contributed by atoms with E-state index in [1.165, 1.54) is 0 Å². The van der Waals surface area contributed by atoms with Crippen LogP contribution >= 0.6 is 0 Å². The number of hydrogen-bond acceptors (Lipinski definition) is 4. The van der Waals surface area contributed by atoms with Crippen LogP contribution in [0.3, 0.4) is 0 Å². The molecule has 0 radical (unpaired) electrons. The predicted octanol–water partition coefficient (Wildman–Crippen LogP) is 12.3. The number of fused-ring (bicyclic) bond motifs is 1. The third kappa shape index (κ3) is 6.78. The summed E-state index contributed by atoms with van der Waals surface area (Å²) in [7, 11) is 0. The lowest BCUT2D eigenvalue weighted by Crippen LogP contribution is -2.14. The quantitative estimate of drug-likeness (QED) is 0.171. The van der Waals surface area contributed by atoms with E-state index >= 15 is 0 Å². The minimum Gasteiger partial charge on any atom is -0.321 e. The van der Waals surface area contributed by atoms with Crippen LogP contribution in [0.5, 0.6) is 0 Å². The Hall–Kier alpha value is -7.50. The Bertz CT molecular complexity index is 2720. The van der Waals surface area contributed by atoms with Gasteiger partial charge in [0.05, 0.1) is 5.69 Å². The molecule has 260 valence electrons. The molecule has 0 bridgehead atoms. The highest BCUT2D eigenvalue weighted by atomic mass is 16.1. The first kappa shape index (κ1) is 33.3. The summed E-state index contributed by atoms with van der Waals surface area (Å²) < 4.78 is 0. The number of para-hydroxylation sites is 1. The number of nitrogens with one attached hydrogen (secondary N) is 1. The molecule has 0 spiro atoms. The minimum absolute atomic E-state index is 0.175. The topological polar surface area (TPSA) is 67.8 Å². The van der Waals surface area contributed by atoms with Gasteiger partial charge in [-0.15, -0.1) is 0 Å². The molecule has 55 heavy (non-hydrogen) atoms. The Morgan fingerprint density at radius 2 is 0.764 bits per heavy atom. The average molecular weight is 707 g/mol. The second-order valence-electron chi connectivity index (χ2n) is 13.2. The van der Waals surface area contributed by atoms with Gasteiger partial charge in [-0.05, 0) is 39.1 Å². The standard InChI is InChI=1S/C50H34N4O/c55-50(45-29-14-23-35-18-10-11-25-41(35)45)51-46-42(27-15-28-44(46)43-26-13-12-24-40(43)34-16-4-1-5-17-34)36-30-32-39(33-31-36)49-53-47(37-19-6-2-7-20-37)52-48(54-49)38-21-8-3-9-22-38/h1-33H,(H,51,55). The Morgan fingerprint density at radius 3 is 1.40 bits per heavy atom. The van der Waals surface area contributed by atoms with Gasteiger partial charge in [0.25, 0.3) is 5.91 Å². The molecule has 9 aromatic rings. The van der Waals surface area contributed by atoms with E-state index in [9.17, 15) is 4.79 Å². The highest BCUT2D eigenvalue weighted by Gasteiger charge is 2.20. The van der Waals surface area contributed by atoms with Crippen LogP contribution in [-0.4, -0.2) is 20.9 Å². The summed E-state index contributed by atoms with van der Waals surface area (Å²) in [6, 6.07) is 66.9. The van der Waals surface area contributed by atoms with Gasteiger partial charge >= 0.3 is 0 Å². The molecule has 5 heteroatoms. The first-order chi connectivity index (χ1) is 27.2. The van der Waals surface area contributed by atoms with Crippen LogP contribution in [-0.2, 0) is 0 Å². The van der Waals surface area contributed by atoms with Crippen molar-refractivity contribution in [2.24, 2.45) is 0 Å². The lowest BCUT2D eigenvalue weighted by atomic mass is 9.90. The van der Waals surface area contributed by atoms with Crippen molar-refractivity contribution in [1.82, 2.24) is 15.0 Å². The Morgan fingerprint density at radius 1 is 0.345 bits per heavy atom. The largest absolute Gasteiger partial charge is 0.321 e. The average Bonchev–Trinajstić information content (AvgIpc) is 3.27. The third-order valence-electron chi connectivity index (χ3n) is 9.79. The van der Waals surface area contributed by atoms with Gasteiger partial charge in [-0.3, -0.25) is 4.79 Å². The van der Waals surface area contributed by atoms with E-state index in [4.69, 9.17) is 15.0 Å². The van der Waals surface area contributed by atoms with Gasteiger partial charge in [0.2, 0.25) is 0 Å². The van der Waals surface area contributed by atoms with Crippen LogP contribution < -0.4 is 5.32 Å². The van der Waals surface area contributed by atoms with Crippen molar-refractivity contribution >= 4 is 22.4 Å². The summed E-state index contributed by atoms with van der Waals surface area (Å²) in [5, 5.41) is 5.30. The molecule has 8 aromatic carbocycles. The van der Waals surface area contributed by atoms with E-state index in [1.54, 1.807) is 0 Å². The number of benzene rings is 8. The van der Waals surface area contributed by atoms with E-state index in [-0.39, 0.29) is 5.91 Å². The summed E-state index contributed by atoms with van der Waals surface area (Å²) in [6.07, 6.45) is 0. The number of amides is 1. The van der Waals surface area contributed by atoms with Gasteiger partial charge in [-0.25, -0.2) is 15.0 Å². The van der Waals surface area contributed by atoms with Gasteiger partial charge < -0.3 is 5.32 Å². The zero-order chi connectivity index (χ0) is 37.0. The van der Waals surface area contributed by atoms with Crippen LogP contribution in [0.4, 0.5) is 5.69 Å². The number of carbonyl (C=O) groups is 1. The van der Waals surface area contributed by atoms with Gasteiger partial charge in [-0.2, -0.15) is 0 Å². The normalized spacial score (nSPS) is 11.0. The zero-order valence-corrected chi connectivity index (χ0v) is 29.8.